The molecule has 0 bridgehead atoms. The zero-order valence-corrected chi connectivity index (χ0v) is 43.6. The van der Waals surface area contributed by atoms with Gasteiger partial charge in [0.05, 0.1) is 6.10 Å². The topological polar surface area (TPSA) is 201 Å². The molecular weight excluding hydrogens is 839 g/mol. The first kappa shape index (κ1) is 77.9. The smallest absolute Gasteiger partial charge is 0.508 e. The van der Waals surface area contributed by atoms with Crippen LogP contribution in [0.3, 0.4) is 0 Å². The third-order valence-electron chi connectivity index (χ3n) is 10.4. The number of unbranched alkanes of at least 4 members (excludes halogenated alkanes) is 21. The fourth-order valence-electron chi connectivity index (χ4n) is 6.22. The van der Waals surface area contributed by atoms with E-state index in [0.717, 1.165) is 38.6 Å². The second kappa shape index (κ2) is 67.0. The summed E-state index contributed by atoms with van der Waals surface area (Å²) in [5.74, 6) is 0.825. The monoisotopic (exact) mass is 954 g/mol. The Kier molecular flexibility index (Phi) is 79.0. The molecular formula is C54H115NO11-2. The molecule has 0 spiro atoms. The molecule has 0 aliphatic carbocycles. The van der Waals surface area contributed by atoms with Gasteiger partial charge in [0.15, 0.2) is 0 Å². The highest BCUT2D eigenvalue weighted by atomic mass is 16.8. The van der Waals surface area contributed by atoms with E-state index in [-0.39, 0.29) is 39.8 Å². The average molecular weight is 955 g/mol. The molecule has 0 aromatic heterocycles. The first-order valence-corrected chi connectivity index (χ1v) is 26.1. The lowest BCUT2D eigenvalue weighted by molar-refractivity contribution is -0.287. The minimum absolute atomic E-state index is 0. The van der Waals surface area contributed by atoms with Crippen molar-refractivity contribution in [2.24, 2.45) is 17.6 Å². The van der Waals surface area contributed by atoms with Crippen LogP contribution in [-0.4, -0.2) is 73.4 Å². The highest BCUT2D eigenvalue weighted by Crippen LogP contribution is 2.13. The van der Waals surface area contributed by atoms with Gasteiger partial charge in [-0.1, -0.05) is 224 Å². The van der Waals surface area contributed by atoms with Crippen LogP contribution in [0.5, 0.6) is 0 Å². The number of hydrogen-bond donors (Lipinski definition) is 3. The number of cyclic esters (lactones) is 2. The van der Waals surface area contributed by atoms with E-state index in [9.17, 15) is 24.6 Å². The van der Waals surface area contributed by atoms with Gasteiger partial charge in [-0.05, 0) is 71.3 Å². The number of carbonyl (C=O) groups is 3. The molecule has 1 heterocycles. The first-order valence-electron chi connectivity index (χ1n) is 26.1. The Morgan fingerprint density at radius 2 is 0.970 bits per heavy atom. The van der Waals surface area contributed by atoms with Crippen LogP contribution in [0.15, 0.2) is 0 Å². The van der Waals surface area contributed by atoms with Gasteiger partial charge in [-0.2, -0.15) is 0 Å². The van der Waals surface area contributed by atoms with Gasteiger partial charge in [-0.25, -0.2) is 4.79 Å². The van der Waals surface area contributed by atoms with Gasteiger partial charge in [-0.3, -0.25) is 0 Å². The molecule has 0 amide bonds. The summed E-state index contributed by atoms with van der Waals surface area (Å²) >= 11 is 0. The third-order valence-corrected chi connectivity index (χ3v) is 10.4. The summed E-state index contributed by atoms with van der Waals surface area (Å²) in [4.78, 5) is 30.0. The number of carbonyl (C=O) groups excluding carboxylic acids is 3. The van der Waals surface area contributed by atoms with Crippen molar-refractivity contribution in [2.75, 3.05) is 26.4 Å². The molecule has 1 saturated heterocycles. The molecule has 5 unspecified atom stereocenters. The quantitative estimate of drug-likeness (QED) is 0.0313. The van der Waals surface area contributed by atoms with Gasteiger partial charge >= 0.3 is 6.16 Å². The van der Waals surface area contributed by atoms with Crippen molar-refractivity contribution in [3.8, 4) is 0 Å². The molecule has 12 heteroatoms. The van der Waals surface area contributed by atoms with Crippen molar-refractivity contribution in [3.05, 3.63) is 0 Å². The lowest BCUT2D eigenvalue weighted by Gasteiger charge is -2.16. The predicted octanol–water partition coefficient (Wildman–Crippen LogP) is 14.3. The van der Waals surface area contributed by atoms with Crippen LogP contribution in [0, 0.1) is 11.8 Å². The molecule has 12 nitrogen and oxygen atoms in total. The minimum atomic E-state index is -1.41. The number of carboxylic acid groups (broad SMARTS) is 2. The number of aliphatic hydroxyl groups excluding tert-OH is 2. The van der Waals surface area contributed by atoms with Crippen LogP contribution in [0.25, 0.3) is 0 Å². The molecule has 4 N–H and O–H groups in total. The van der Waals surface area contributed by atoms with Crippen molar-refractivity contribution < 1.29 is 53.8 Å². The van der Waals surface area contributed by atoms with Crippen molar-refractivity contribution in [1.29, 1.82) is 0 Å². The summed E-state index contributed by atoms with van der Waals surface area (Å²) in [6, 6.07) is 0. The summed E-state index contributed by atoms with van der Waals surface area (Å²) in [6.45, 7) is 22.5. The summed E-state index contributed by atoms with van der Waals surface area (Å²) in [5, 5.41) is 37.7. The lowest BCUT2D eigenvalue weighted by Crippen LogP contribution is -2.27. The van der Waals surface area contributed by atoms with Crippen LogP contribution >= 0.6 is 0 Å². The average Bonchev–Trinajstić information content (AvgIpc) is 3.64. The van der Waals surface area contributed by atoms with E-state index < -0.39 is 18.5 Å². The summed E-state index contributed by atoms with van der Waals surface area (Å²) in [7, 11) is 0. The molecule has 1 aliphatic heterocycles. The van der Waals surface area contributed by atoms with Gasteiger partial charge in [0, 0.05) is 19.3 Å². The Bertz CT molecular complexity index is 905. The number of rotatable bonds is 34. The second-order valence-corrected chi connectivity index (χ2v) is 17.8. The van der Waals surface area contributed by atoms with E-state index in [1.807, 2.05) is 13.8 Å². The van der Waals surface area contributed by atoms with Gasteiger partial charge in [0.2, 0.25) is 0 Å². The number of nitrogens with two attached hydrogens (primary N) is 1. The maximum Gasteiger partial charge on any atom is 0.508 e. The molecule has 0 aromatic carbocycles. The van der Waals surface area contributed by atoms with E-state index in [1.165, 1.54) is 161 Å². The van der Waals surface area contributed by atoms with Gasteiger partial charge in [-0.15, -0.1) is 0 Å². The van der Waals surface area contributed by atoms with Crippen molar-refractivity contribution >= 4 is 18.5 Å². The predicted molar refractivity (Wildman–Crippen MR) is 276 cm³/mol. The maximum atomic E-state index is 10.1. The van der Waals surface area contributed by atoms with E-state index >= 15 is 0 Å². The third kappa shape index (κ3) is 85.0. The number of aliphatic hydroxyl groups is 2. The molecule has 5 atom stereocenters. The number of hydrogen-bond acceptors (Lipinski definition) is 12. The first-order chi connectivity index (χ1) is 30.6. The second-order valence-electron chi connectivity index (χ2n) is 17.8. The van der Waals surface area contributed by atoms with E-state index in [4.69, 9.17) is 15.9 Å². The molecule has 0 aromatic rings. The Morgan fingerprint density at radius 1 is 0.606 bits per heavy atom. The van der Waals surface area contributed by atoms with Gasteiger partial charge < -0.3 is 54.7 Å². The fraction of sp³-hybridized carbons (Fsp3) is 0.944. The van der Waals surface area contributed by atoms with Crippen LogP contribution in [0.4, 0.5) is 14.4 Å². The van der Waals surface area contributed by atoms with E-state index in [2.05, 4.69) is 60.5 Å². The van der Waals surface area contributed by atoms with Crippen LogP contribution in [0.1, 0.15) is 277 Å². The maximum absolute atomic E-state index is 10.1. The highest BCUT2D eigenvalue weighted by Gasteiger charge is 2.19. The molecule has 1 aliphatic rings. The molecule has 404 valence electrons. The van der Waals surface area contributed by atoms with Crippen LogP contribution < -0.4 is 15.9 Å². The summed E-state index contributed by atoms with van der Waals surface area (Å²) < 4.78 is 17.8. The Hall–Kier alpha value is -2.31. The summed E-state index contributed by atoms with van der Waals surface area (Å²) in [5.41, 5.74) is 5.27. The number of ether oxygens (including phenoxy) is 4. The zero-order chi connectivity index (χ0) is 49.5. The van der Waals surface area contributed by atoms with Crippen molar-refractivity contribution in [2.45, 2.75) is 295 Å². The van der Waals surface area contributed by atoms with Crippen molar-refractivity contribution in [3.63, 3.8) is 0 Å². The van der Waals surface area contributed by atoms with Crippen LogP contribution in [-0.2, 0) is 18.9 Å². The van der Waals surface area contributed by atoms with Gasteiger partial charge in [0.1, 0.15) is 12.7 Å². The van der Waals surface area contributed by atoms with E-state index in [0.29, 0.717) is 25.0 Å². The molecule has 0 saturated carbocycles. The van der Waals surface area contributed by atoms with Crippen LogP contribution in [0.2, 0.25) is 0 Å². The molecule has 1 fully saturated rings. The Labute approximate surface area is 410 Å². The summed E-state index contributed by atoms with van der Waals surface area (Å²) in [6.07, 6.45) is 33.6. The molecule has 1 rings (SSSR count). The Balaban J connectivity index is -0.000000128. The molecule has 66 heavy (non-hydrogen) atoms. The Morgan fingerprint density at radius 3 is 1.27 bits per heavy atom. The fourth-order valence-corrected chi connectivity index (χ4v) is 6.22. The normalized spacial score (nSPS) is 13.8. The van der Waals surface area contributed by atoms with Crippen molar-refractivity contribution in [1.82, 2.24) is 0 Å². The van der Waals surface area contributed by atoms with E-state index in [1.54, 1.807) is 13.8 Å². The largest absolute Gasteiger partial charge is 0.549 e. The highest BCUT2D eigenvalue weighted by molar-refractivity contribution is 5.61. The van der Waals surface area contributed by atoms with Gasteiger partial charge in [0.25, 0.3) is 12.3 Å². The molecule has 0 radical (unpaired) electrons. The SMILES string of the molecule is C.C.CC1COC(=O)O1.CCCCCCCC(C)CO.CCCCCCCC(C)COC(=O)[O-].CCCCCCCCC(C)O.CCCCCCCCC(C)OC(=O)[O-].CCCCCCN. The standard InChI is InChI=1S/2C11H22O3.2C10H22O.C6H15N.C4H6O3.2CH4/c1-3-4-5-6-7-8-10(2)9-14-11(12)13;1-3-4-5-6-7-8-9-10(2)14-11(12)13;1-3-4-5-6-7-8-10(2)9-11;1-3-4-5-6-7-8-9-10(2)11;1-2-3-4-5-6-7;1-3-2-6-4(5)7-3;;/h2*10H,3-9H2,1-2H3,(H,12,13);2*10-11H,3-9H2,1-2H3;2-7H2,1H3;3H,2H2,1H3;2*1H4/p-2. The lowest BCUT2D eigenvalue weighted by atomic mass is 10.0. The minimum Gasteiger partial charge on any atom is -0.549 e. The zero-order valence-electron chi connectivity index (χ0n) is 43.6.